The second-order valence-corrected chi connectivity index (χ2v) is 7.25. The largest absolute Gasteiger partial charge is 0.465 e. The second kappa shape index (κ2) is 8.02. The number of aromatic nitrogens is 3. The smallest absolute Gasteiger partial charge is 0.337 e. The lowest BCUT2D eigenvalue weighted by molar-refractivity contribution is 0.0600. The summed E-state index contributed by atoms with van der Waals surface area (Å²) in [6.07, 6.45) is 3.54. The fraction of sp³-hybridized carbons (Fsp3) is 0.333. The molecule has 9 heteroatoms. The van der Waals surface area contributed by atoms with E-state index in [-0.39, 0.29) is 6.03 Å². The Morgan fingerprint density at radius 1 is 1.23 bits per heavy atom. The Bertz CT molecular complexity index is 1070. The zero-order chi connectivity index (χ0) is 21.3. The van der Waals surface area contributed by atoms with Gasteiger partial charge in [0.2, 0.25) is 0 Å². The van der Waals surface area contributed by atoms with Gasteiger partial charge in [0, 0.05) is 31.4 Å². The molecule has 1 aliphatic heterocycles. The molecule has 0 N–H and O–H groups in total. The SMILES string of the molecule is COC(=O)c1cccc(CN2CCN(c3cnn(Cc4c(C)noc4C)c3)C2=O)c1. The standard InChI is InChI=1S/C21H23N5O4/c1-14-19(15(2)30-23-14)13-25-12-18(10-22-25)26-8-7-24(21(26)28)11-16-5-4-6-17(9-16)20(27)29-3/h4-6,9-10,12H,7-8,11,13H2,1-3H3. The van der Waals surface area contributed by atoms with Crippen molar-refractivity contribution in [2.24, 2.45) is 0 Å². The van der Waals surface area contributed by atoms with E-state index in [1.54, 1.807) is 38.9 Å². The van der Waals surface area contributed by atoms with Gasteiger partial charge in [-0.3, -0.25) is 9.58 Å². The number of hydrogen-bond donors (Lipinski definition) is 0. The van der Waals surface area contributed by atoms with Gasteiger partial charge in [0.1, 0.15) is 5.76 Å². The molecule has 0 bridgehead atoms. The van der Waals surface area contributed by atoms with Crippen molar-refractivity contribution in [2.75, 3.05) is 25.1 Å². The topological polar surface area (TPSA) is 93.7 Å². The summed E-state index contributed by atoms with van der Waals surface area (Å²) in [5.41, 5.74) is 3.92. The first-order valence-electron chi connectivity index (χ1n) is 9.64. The Hall–Kier alpha value is -3.62. The highest BCUT2D eigenvalue weighted by Crippen LogP contribution is 2.22. The maximum Gasteiger partial charge on any atom is 0.337 e. The fourth-order valence-electron chi connectivity index (χ4n) is 3.57. The van der Waals surface area contributed by atoms with Gasteiger partial charge in [0.05, 0.1) is 36.8 Å². The van der Waals surface area contributed by atoms with Gasteiger partial charge in [0.15, 0.2) is 0 Å². The zero-order valence-electron chi connectivity index (χ0n) is 17.2. The van der Waals surface area contributed by atoms with Crippen LogP contribution in [0.1, 0.15) is 32.9 Å². The zero-order valence-corrected chi connectivity index (χ0v) is 17.2. The van der Waals surface area contributed by atoms with E-state index in [4.69, 9.17) is 9.26 Å². The summed E-state index contributed by atoms with van der Waals surface area (Å²) in [4.78, 5) is 28.1. The van der Waals surface area contributed by atoms with E-state index in [0.29, 0.717) is 31.7 Å². The number of carbonyl (C=O) groups excluding carboxylic acids is 2. The predicted molar refractivity (Wildman–Crippen MR) is 108 cm³/mol. The van der Waals surface area contributed by atoms with Crippen molar-refractivity contribution in [3.8, 4) is 0 Å². The third-order valence-electron chi connectivity index (χ3n) is 5.25. The van der Waals surface area contributed by atoms with E-state index in [0.717, 1.165) is 28.3 Å². The van der Waals surface area contributed by atoms with E-state index in [9.17, 15) is 9.59 Å². The molecule has 0 radical (unpaired) electrons. The molecule has 1 aliphatic rings. The van der Waals surface area contributed by atoms with Crippen LogP contribution in [0.15, 0.2) is 41.2 Å². The summed E-state index contributed by atoms with van der Waals surface area (Å²) in [6.45, 7) is 5.90. The normalized spacial score (nSPS) is 13.9. The van der Waals surface area contributed by atoms with Crippen molar-refractivity contribution >= 4 is 17.7 Å². The van der Waals surface area contributed by atoms with Gasteiger partial charge in [-0.1, -0.05) is 17.3 Å². The van der Waals surface area contributed by atoms with E-state index < -0.39 is 5.97 Å². The number of nitrogens with zero attached hydrogens (tertiary/aromatic N) is 5. The van der Waals surface area contributed by atoms with Crippen LogP contribution in [0, 0.1) is 13.8 Å². The molecule has 1 saturated heterocycles. The van der Waals surface area contributed by atoms with Crippen molar-refractivity contribution in [1.82, 2.24) is 19.8 Å². The Morgan fingerprint density at radius 2 is 2.07 bits per heavy atom. The Morgan fingerprint density at radius 3 is 2.80 bits per heavy atom. The molecular weight excluding hydrogens is 386 g/mol. The van der Waals surface area contributed by atoms with E-state index in [1.807, 2.05) is 26.1 Å². The average Bonchev–Trinajstić information content (AvgIpc) is 3.44. The number of aryl methyl sites for hydroxylation is 2. The van der Waals surface area contributed by atoms with Crippen LogP contribution in [0.4, 0.5) is 10.5 Å². The molecule has 1 fully saturated rings. The molecule has 2 aromatic heterocycles. The monoisotopic (exact) mass is 409 g/mol. The van der Waals surface area contributed by atoms with Gasteiger partial charge in [0.25, 0.3) is 0 Å². The highest BCUT2D eigenvalue weighted by atomic mass is 16.5. The fourth-order valence-corrected chi connectivity index (χ4v) is 3.57. The van der Waals surface area contributed by atoms with E-state index >= 15 is 0 Å². The number of anilines is 1. The molecule has 9 nitrogen and oxygen atoms in total. The molecule has 2 amide bonds. The molecule has 0 aliphatic carbocycles. The Kier molecular flexibility index (Phi) is 5.26. The van der Waals surface area contributed by atoms with Gasteiger partial charge in [-0.15, -0.1) is 0 Å². The van der Waals surface area contributed by atoms with Crippen LogP contribution in [-0.2, 0) is 17.8 Å². The van der Waals surface area contributed by atoms with Gasteiger partial charge in [-0.25, -0.2) is 9.59 Å². The lowest BCUT2D eigenvalue weighted by Gasteiger charge is -2.17. The molecule has 3 heterocycles. The summed E-state index contributed by atoms with van der Waals surface area (Å²) >= 11 is 0. The Balaban J connectivity index is 1.44. The van der Waals surface area contributed by atoms with Crippen molar-refractivity contribution in [3.05, 3.63) is 64.8 Å². The van der Waals surface area contributed by atoms with E-state index in [2.05, 4.69) is 10.3 Å². The minimum absolute atomic E-state index is 0.0876. The first-order valence-corrected chi connectivity index (χ1v) is 9.64. The van der Waals surface area contributed by atoms with Gasteiger partial charge >= 0.3 is 12.0 Å². The number of rotatable bonds is 6. The lowest BCUT2D eigenvalue weighted by Crippen LogP contribution is -2.31. The number of amides is 2. The minimum Gasteiger partial charge on any atom is -0.465 e. The maximum atomic E-state index is 12.9. The molecule has 4 rings (SSSR count). The van der Waals surface area contributed by atoms with E-state index in [1.165, 1.54) is 7.11 Å². The highest BCUT2D eigenvalue weighted by Gasteiger charge is 2.30. The quantitative estimate of drug-likeness (QED) is 0.581. The second-order valence-electron chi connectivity index (χ2n) is 7.25. The van der Waals surface area contributed by atoms with Crippen LogP contribution in [0.25, 0.3) is 0 Å². The van der Waals surface area contributed by atoms with Gasteiger partial charge in [-0.05, 0) is 31.5 Å². The third-order valence-corrected chi connectivity index (χ3v) is 5.25. The number of esters is 1. The van der Waals surface area contributed by atoms with Crippen LogP contribution >= 0.6 is 0 Å². The molecule has 0 atom stereocenters. The number of hydrogen-bond acceptors (Lipinski definition) is 6. The van der Waals surface area contributed by atoms with Crippen LogP contribution in [0.3, 0.4) is 0 Å². The maximum absolute atomic E-state index is 12.9. The summed E-state index contributed by atoms with van der Waals surface area (Å²) in [5, 5.41) is 8.35. The number of urea groups is 1. The molecule has 30 heavy (non-hydrogen) atoms. The molecule has 0 spiro atoms. The van der Waals surface area contributed by atoms with Crippen LogP contribution < -0.4 is 4.90 Å². The van der Waals surface area contributed by atoms with Crippen LogP contribution in [-0.4, -0.2) is 52.0 Å². The van der Waals surface area contributed by atoms with Crippen molar-refractivity contribution in [2.45, 2.75) is 26.9 Å². The van der Waals surface area contributed by atoms with Crippen LogP contribution in [0.2, 0.25) is 0 Å². The van der Waals surface area contributed by atoms with Gasteiger partial charge in [-0.2, -0.15) is 5.10 Å². The predicted octanol–water partition coefficient (Wildman–Crippen LogP) is 2.77. The Labute approximate surface area is 173 Å². The third kappa shape index (κ3) is 3.78. The lowest BCUT2D eigenvalue weighted by atomic mass is 10.1. The van der Waals surface area contributed by atoms with Crippen LogP contribution in [0.5, 0.6) is 0 Å². The summed E-state index contributed by atoms with van der Waals surface area (Å²) in [7, 11) is 1.35. The number of ether oxygens (including phenoxy) is 1. The number of methoxy groups -OCH3 is 1. The average molecular weight is 409 g/mol. The molecule has 0 unspecified atom stereocenters. The molecular formula is C21H23N5O4. The molecule has 3 aromatic rings. The van der Waals surface area contributed by atoms with Gasteiger partial charge < -0.3 is 14.2 Å². The minimum atomic E-state index is -0.392. The number of carbonyl (C=O) groups is 2. The molecule has 156 valence electrons. The molecule has 0 saturated carbocycles. The first-order chi connectivity index (χ1) is 14.5. The van der Waals surface area contributed by atoms with Crippen molar-refractivity contribution in [1.29, 1.82) is 0 Å². The highest BCUT2D eigenvalue weighted by molar-refractivity contribution is 5.94. The summed E-state index contributed by atoms with van der Waals surface area (Å²) in [6, 6.07) is 7.04. The first kappa shape index (κ1) is 19.7. The summed E-state index contributed by atoms with van der Waals surface area (Å²) in [5.74, 6) is 0.374. The summed E-state index contributed by atoms with van der Waals surface area (Å²) < 4.78 is 11.7. The van der Waals surface area contributed by atoms with Crippen molar-refractivity contribution < 1.29 is 18.8 Å². The van der Waals surface area contributed by atoms with Crippen molar-refractivity contribution in [3.63, 3.8) is 0 Å². The number of benzene rings is 1. The molecule has 1 aromatic carbocycles.